The van der Waals surface area contributed by atoms with Crippen molar-refractivity contribution in [2.24, 2.45) is 0 Å². The quantitative estimate of drug-likeness (QED) is 0.205. The molecule has 2 aromatic carbocycles. The molecule has 10 nitrogen and oxygen atoms in total. The highest BCUT2D eigenvalue weighted by molar-refractivity contribution is 5.89. The first-order valence-electron chi connectivity index (χ1n) is 16.6. The van der Waals surface area contributed by atoms with E-state index in [2.05, 4.69) is 83.9 Å². The van der Waals surface area contributed by atoms with Crippen molar-refractivity contribution in [3.05, 3.63) is 101 Å². The lowest BCUT2D eigenvalue weighted by molar-refractivity contribution is 0.170. The first-order chi connectivity index (χ1) is 22.5. The minimum absolute atomic E-state index is 0.147. The standard InChI is InChI=1S/C37H44N8O2/c1-24-12-14-25(15-13-24)45-33(22-31(42-45)36(2,3)4)39-35(46)38-29-17-18-30(28-11-8-7-10-27(28)29)47-26-16-19-32-40-41-34(44(32)23-26)37(5)20-9-21-43(37)6/h7-8,10-16,19,22-23,29-30H,9,17-18,20-21H2,1-6H3,(H2,38,39,46)/t29-,30+,37+/m0/s1. The van der Waals surface area contributed by atoms with Gasteiger partial charge >= 0.3 is 6.03 Å². The zero-order chi connectivity index (χ0) is 32.9. The average molecular weight is 633 g/mol. The van der Waals surface area contributed by atoms with Crippen LogP contribution in [0.15, 0.2) is 72.9 Å². The summed E-state index contributed by atoms with van der Waals surface area (Å²) in [6.07, 6.45) is 5.54. The smallest absolute Gasteiger partial charge is 0.320 e. The molecule has 1 fully saturated rings. The Bertz CT molecular complexity index is 1920. The molecule has 1 aliphatic heterocycles. The van der Waals surface area contributed by atoms with Crippen LogP contribution in [0.3, 0.4) is 0 Å². The average Bonchev–Trinajstić information content (AvgIpc) is 3.76. The third-order valence-electron chi connectivity index (χ3n) is 9.87. The second-order valence-electron chi connectivity index (χ2n) is 14.3. The van der Waals surface area contributed by atoms with Crippen LogP contribution in [0.25, 0.3) is 11.3 Å². The molecule has 47 heavy (non-hydrogen) atoms. The van der Waals surface area contributed by atoms with Crippen molar-refractivity contribution >= 4 is 17.5 Å². The van der Waals surface area contributed by atoms with Crippen LogP contribution in [0.4, 0.5) is 10.6 Å². The molecule has 0 spiro atoms. The fourth-order valence-electron chi connectivity index (χ4n) is 6.91. The van der Waals surface area contributed by atoms with E-state index in [1.165, 1.54) is 0 Å². The molecule has 4 heterocycles. The predicted octanol–water partition coefficient (Wildman–Crippen LogP) is 7.24. The molecule has 0 radical (unpaired) electrons. The van der Waals surface area contributed by atoms with Gasteiger partial charge in [0.15, 0.2) is 11.5 Å². The summed E-state index contributed by atoms with van der Waals surface area (Å²) in [5.74, 6) is 2.34. The number of aromatic nitrogens is 5. The predicted molar refractivity (Wildman–Crippen MR) is 183 cm³/mol. The summed E-state index contributed by atoms with van der Waals surface area (Å²) in [5, 5.41) is 20.2. The van der Waals surface area contributed by atoms with Gasteiger partial charge in [0.25, 0.3) is 0 Å². The van der Waals surface area contributed by atoms with Crippen molar-refractivity contribution < 1.29 is 9.53 Å². The molecular weight excluding hydrogens is 588 g/mol. The minimum Gasteiger partial charge on any atom is -0.484 e. The maximum Gasteiger partial charge on any atom is 0.320 e. The number of amides is 2. The van der Waals surface area contributed by atoms with Crippen molar-refractivity contribution in [3.8, 4) is 11.4 Å². The largest absolute Gasteiger partial charge is 0.484 e. The summed E-state index contributed by atoms with van der Waals surface area (Å²) >= 11 is 0. The number of hydrogen-bond donors (Lipinski definition) is 2. The number of carbonyl (C=O) groups excluding carboxylic acids is 1. The molecule has 2 amide bonds. The van der Waals surface area contributed by atoms with E-state index >= 15 is 0 Å². The number of anilines is 1. The molecule has 1 aliphatic carbocycles. The third kappa shape index (κ3) is 5.86. The second-order valence-corrected chi connectivity index (χ2v) is 14.3. The lowest BCUT2D eigenvalue weighted by atomic mass is 9.85. The van der Waals surface area contributed by atoms with Gasteiger partial charge in [-0.25, -0.2) is 9.48 Å². The van der Waals surface area contributed by atoms with Gasteiger partial charge in [0, 0.05) is 11.5 Å². The normalized spacial score (nSPS) is 21.5. The summed E-state index contributed by atoms with van der Waals surface area (Å²) in [6, 6.07) is 21.8. The second kappa shape index (κ2) is 11.8. The van der Waals surface area contributed by atoms with E-state index in [1.54, 1.807) is 4.68 Å². The first kappa shape index (κ1) is 30.9. The number of aryl methyl sites for hydroxylation is 1. The van der Waals surface area contributed by atoms with Gasteiger partial charge in [-0.15, -0.1) is 10.2 Å². The van der Waals surface area contributed by atoms with Gasteiger partial charge in [-0.1, -0.05) is 62.7 Å². The van der Waals surface area contributed by atoms with Crippen molar-refractivity contribution in [2.75, 3.05) is 18.9 Å². The van der Waals surface area contributed by atoms with Crippen LogP contribution in [-0.2, 0) is 11.0 Å². The molecule has 0 unspecified atom stereocenters. The minimum atomic E-state index is -0.270. The molecule has 7 rings (SSSR count). The van der Waals surface area contributed by atoms with E-state index in [1.807, 2.05) is 60.8 Å². The third-order valence-corrected chi connectivity index (χ3v) is 9.87. The molecule has 2 aliphatic rings. The number of nitrogens with zero attached hydrogens (tertiary/aromatic N) is 6. The summed E-state index contributed by atoms with van der Waals surface area (Å²) in [7, 11) is 2.15. The Hall–Kier alpha value is -4.70. The van der Waals surface area contributed by atoms with Crippen LogP contribution < -0.4 is 15.4 Å². The molecule has 0 saturated carbocycles. The molecular formula is C37H44N8O2. The van der Waals surface area contributed by atoms with Crippen molar-refractivity contribution in [1.29, 1.82) is 0 Å². The van der Waals surface area contributed by atoms with Crippen LogP contribution in [0.2, 0.25) is 0 Å². The lowest BCUT2D eigenvalue weighted by Gasteiger charge is -2.32. The molecule has 3 aromatic heterocycles. The SMILES string of the molecule is Cc1ccc(-n2nc(C(C)(C)C)cc2NC(=O)N[C@H]2CC[C@@H](Oc3ccc4nnc([C@@]5(C)CCCN5C)n4c3)c3ccccc32)cc1. The number of pyridine rings is 1. The zero-order valence-electron chi connectivity index (χ0n) is 28.1. The number of ether oxygens (including phenoxy) is 1. The van der Waals surface area contributed by atoms with Gasteiger partial charge in [0.05, 0.1) is 29.2 Å². The first-order valence-corrected chi connectivity index (χ1v) is 16.6. The molecule has 10 heteroatoms. The Morgan fingerprint density at radius 1 is 1.00 bits per heavy atom. The van der Waals surface area contributed by atoms with E-state index in [4.69, 9.17) is 9.84 Å². The number of hydrogen-bond acceptors (Lipinski definition) is 6. The van der Waals surface area contributed by atoms with Crippen molar-refractivity contribution in [1.82, 2.24) is 34.6 Å². The van der Waals surface area contributed by atoms with Gasteiger partial charge in [0.1, 0.15) is 17.7 Å². The maximum absolute atomic E-state index is 13.5. The topological polar surface area (TPSA) is 102 Å². The van der Waals surface area contributed by atoms with E-state index < -0.39 is 0 Å². The molecule has 3 atom stereocenters. The number of benzene rings is 2. The highest BCUT2D eigenvalue weighted by Crippen LogP contribution is 2.40. The Morgan fingerprint density at radius 3 is 2.49 bits per heavy atom. The lowest BCUT2D eigenvalue weighted by Crippen LogP contribution is -2.37. The zero-order valence-corrected chi connectivity index (χ0v) is 28.1. The van der Waals surface area contributed by atoms with Crippen LogP contribution in [0.1, 0.15) is 93.7 Å². The Morgan fingerprint density at radius 2 is 1.77 bits per heavy atom. The van der Waals surface area contributed by atoms with Crippen molar-refractivity contribution in [3.63, 3.8) is 0 Å². The molecule has 1 saturated heterocycles. The summed E-state index contributed by atoms with van der Waals surface area (Å²) in [6.45, 7) is 11.7. The van der Waals surface area contributed by atoms with Gasteiger partial charge in [-0.3, -0.25) is 14.6 Å². The van der Waals surface area contributed by atoms with Crippen LogP contribution in [0.5, 0.6) is 5.75 Å². The Labute approximate surface area is 276 Å². The molecule has 2 N–H and O–H groups in total. The highest BCUT2D eigenvalue weighted by atomic mass is 16.5. The monoisotopic (exact) mass is 632 g/mol. The number of likely N-dealkylation sites (tertiary alicyclic amines) is 1. The summed E-state index contributed by atoms with van der Waals surface area (Å²) in [5.41, 5.74) is 5.57. The molecule has 0 bridgehead atoms. The number of urea groups is 1. The van der Waals surface area contributed by atoms with E-state index in [9.17, 15) is 4.79 Å². The van der Waals surface area contributed by atoms with Crippen molar-refractivity contribution in [2.45, 2.75) is 83.4 Å². The molecule has 5 aromatic rings. The van der Waals surface area contributed by atoms with Gasteiger partial charge in [0.2, 0.25) is 0 Å². The molecule has 244 valence electrons. The van der Waals surface area contributed by atoms with E-state index in [0.717, 1.165) is 77.5 Å². The Balaban J connectivity index is 1.10. The number of rotatable bonds is 6. The van der Waals surface area contributed by atoms with E-state index in [-0.39, 0.29) is 29.1 Å². The number of carbonyl (C=O) groups is 1. The summed E-state index contributed by atoms with van der Waals surface area (Å²) in [4.78, 5) is 15.9. The number of fused-ring (bicyclic) bond motifs is 2. The van der Waals surface area contributed by atoms with Crippen LogP contribution in [0, 0.1) is 6.92 Å². The highest BCUT2D eigenvalue weighted by Gasteiger charge is 2.40. The van der Waals surface area contributed by atoms with Gasteiger partial charge in [-0.2, -0.15) is 5.10 Å². The maximum atomic E-state index is 13.5. The Kier molecular flexibility index (Phi) is 7.78. The number of nitrogens with one attached hydrogen (secondary N) is 2. The van der Waals surface area contributed by atoms with Crippen LogP contribution >= 0.6 is 0 Å². The van der Waals surface area contributed by atoms with Crippen LogP contribution in [-0.4, -0.2) is 48.9 Å². The van der Waals surface area contributed by atoms with Gasteiger partial charge < -0.3 is 10.1 Å². The fourth-order valence-corrected chi connectivity index (χ4v) is 6.91. The van der Waals surface area contributed by atoms with E-state index in [0.29, 0.717) is 5.82 Å². The fraction of sp³-hybridized carbons (Fsp3) is 0.405. The summed E-state index contributed by atoms with van der Waals surface area (Å²) < 4.78 is 10.5. The van der Waals surface area contributed by atoms with Gasteiger partial charge in [-0.05, 0) is 88.5 Å².